The van der Waals surface area contributed by atoms with Crippen molar-refractivity contribution in [1.82, 2.24) is 10.6 Å². The molecule has 100 valence electrons. The second-order valence-corrected chi connectivity index (χ2v) is 6.53. The highest BCUT2D eigenvalue weighted by molar-refractivity contribution is 8.00. The summed E-state index contributed by atoms with van der Waals surface area (Å²) in [5.74, 6) is 0.123. The van der Waals surface area contributed by atoms with Crippen molar-refractivity contribution in [3.8, 4) is 0 Å². The second-order valence-electron chi connectivity index (χ2n) is 5.26. The third-order valence-corrected chi connectivity index (χ3v) is 4.90. The van der Waals surface area contributed by atoms with Crippen LogP contribution >= 0.6 is 11.8 Å². The van der Waals surface area contributed by atoms with Crippen molar-refractivity contribution in [2.45, 2.75) is 56.7 Å². The lowest BCUT2D eigenvalue weighted by molar-refractivity contribution is -0.120. The largest absolute Gasteiger partial charge is 0.354 e. The van der Waals surface area contributed by atoms with Crippen LogP contribution in [0.1, 0.15) is 46.0 Å². The summed E-state index contributed by atoms with van der Waals surface area (Å²) in [6.07, 6.45) is 8.62. The Morgan fingerprint density at radius 3 is 2.47 bits per heavy atom. The van der Waals surface area contributed by atoms with Gasteiger partial charge >= 0.3 is 0 Å². The molecule has 3 nitrogen and oxygen atoms in total. The van der Waals surface area contributed by atoms with Crippen molar-refractivity contribution >= 4 is 17.7 Å². The predicted molar refractivity (Wildman–Crippen MR) is 75.5 cm³/mol. The van der Waals surface area contributed by atoms with E-state index in [0.29, 0.717) is 17.3 Å². The first-order valence-electron chi connectivity index (χ1n) is 6.63. The summed E-state index contributed by atoms with van der Waals surface area (Å²) in [5, 5.41) is 6.22. The average molecular weight is 258 g/mol. The highest BCUT2D eigenvalue weighted by atomic mass is 32.2. The number of amides is 1. The summed E-state index contributed by atoms with van der Waals surface area (Å²) >= 11 is 1.92. The van der Waals surface area contributed by atoms with E-state index in [4.69, 9.17) is 0 Å². The summed E-state index contributed by atoms with van der Waals surface area (Å²) in [5.41, 5.74) is 0. The van der Waals surface area contributed by atoms with Crippen LogP contribution in [0.25, 0.3) is 0 Å². The maximum atomic E-state index is 11.7. The number of carbonyl (C=O) groups is 1. The maximum Gasteiger partial charge on any atom is 0.234 e. The van der Waals surface area contributed by atoms with Gasteiger partial charge in [0.2, 0.25) is 5.91 Å². The molecule has 0 aromatic rings. The Hall–Kier alpha value is -0.220. The van der Waals surface area contributed by atoms with E-state index in [1.165, 1.54) is 32.1 Å². The molecule has 1 fully saturated rings. The van der Waals surface area contributed by atoms with E-state index in [1.54, 1.807) is 0 Å². The van der Waals surface area contributed by atoms with Crippen molar-refractivity contribution < 1.29 is 4.79 Å². The van der Waals surface area contributed by atoms with Gasteiger partial charge in [0.25, 0.3) is 0 Å². The monoisotopic (exact) mass is 258 g/mol. The number of thioether (sulfide) groups is 1. The zero-order valence-corrected chi connectivity index (χ0v) is 12.2. The van der Waals surface area contributed by atoms with Gasteiger partial charge in [-0.05, 0) is 19.1 Å². The highest BCUT2D eigenvalue weighted by Gasteiger charge is 2.31. The van der Waals surface area contributed by atoms with Crippen LogP contribution < -0.4 is 10.6 Å². The minimum atomic E-state index is 0.123. The summed E-state index contributed by atoms with van der Waals surface area (Å²) in [6, 6.07) is 0.366. The zero-order valence-electron chi connectivity index (χ0n) is 11.3. The number of nitrogens with one attached hydrogen (secondary N) is 2. The molecule has 4 heteroatoms. The van der Waals surface area contributed by atoms with E-state index in [-0.39, 0.29) is 5.91 Å². The van der Waals surface area contributed by atoms with Gasteiger partial charge in [0.15, 0.2) is 0 Å². The zero-order chi connectivity index (χ0) is 12.7. The fourth-order valence-electron chi connectivity index (χ4n) is 2.27. The van der Waals surface area contributed by atoms with E-state index in [1.807, 2.05) is 11.8 Å². The number of rotatable bonds is 6. The predicted octanol–water partition coefficient (Wildman–Crippen LogP) is 2.17. The fourth-order valence-corrected chi connectivity index (χ4v) is 3.18. The van der Waals surface area contributed by atoms with E-state index in [0.717, 1.165) is 6.54 Å². The first-order valence-corrected chi connectivity index (χ1v) is 7.86. The molecule has 0 aliphatic heterocycles. The van der Waals surface area contributed by atoms with Crippen molar-refractivity contribution in [2.24, 2.45) is 0 Å². The number of hydrogen-bond donors (Lipinski definition) is 2. The summed E-state index contributed by atoms with van der Waals surface area (Å²) < 4.78 is 0.297. The molecule has 0 bridgehead atoms. The molecule has 0 heterocycles. The summed E-state index contributed by atoms with van der Waals surface area (Å²) in [4.78, 5) is 11.7. The van der Waals surface area contributed by atoms with Gasteiger partial charge < -0.3 is 10.6 Å². The van der Waals surface area contributed by atoms with Gasteiger partial charge in [-0.25, -0.2) is 0 Å². The first kappa shape index (κ1) is 14.8. The SMILES string of the molecule is CSC1(CNC(=O)CNC(C)C)CCCCC1. The lowest BCUT2D eigenvalue weighted by Crippen LogP contribution is -2.45. The fraction of sp³-hybridized carbons (Fsp3) is 0.923. The molecule has 1 aliphatic carbocycles. The van der Waals surface area contributed by atoms with Crippen LogP contribution in [0, 0.1) is 0 Å². The normalized spacial score (nSPS) is 19.3. The minimum Gasteiger partial charge on any atom is -0.354 e. The van der Waals surface area contributed by atoms with Gasteiger partial charge in [0, 0.05) is 17.3 Å². The van der Waals surface area contributed by atoms with E-state index < -0.39 is 0 Å². The van der Waals surface area contributed by atoms with Crippen LogP contribution in [-0.4, -0.2) is 36.0 Å². The molecule has 1 rings (SSSR count). The summed E-state index contributed by atoms with van der Waals surface area (Å²) in [6.45, 7) is 5.37. The highest BCUT2D eigenvalue weighted by Crippen LogP contribution is 2.37. The minimum absolute atomic E-state index is 0.123. The van der Waals surface area contributed by atoms with Gasteiger partial charge in [-0.3, -0.25) is 4.79 Å². The van der Waals surface area contributed by atoms with Crippen LogP contribution in [-0.2, 0) is 4.79 Å². The van der Waals surface area contributed by atoms with E-state index in [2.05, 4.69) is 30.7 Å². The van der Waals surface area contributed by atoms with E-state index in [9.17, 15) is 4.79 Å². The Morgan fingerprint density at radius 1 is 1.29 bits per heavy atom. The Bertz CT molecular complexity index is 238. The second kappa shape index (κ2) is 7.27. The van der Waals surface area contributed by atoms with Crippen LogP contribution in [0.4, 0.5) is 0 Å². The molecule has 0 radical (unpaired) electrons. The lowest BCUT2D eigenvalue weighted by Gasteiger charge is -2.35. The van der Waals surface area contributed by atoms with Gasteiger partial charge in [0.1, 0.15) is 0 Å². The van der Waals surface area contributed by atoms with Crippen LogP contribution in [0.2, 0.25) is 0 Å². The molecule has 0 spiro atoms. The van der Waals surface area contributed by atoms with Crippen molar-refractivity contribution in [3.63, 3.8) is 0 Å². The van der Waals surface area contributed by atoms with Crippen LogP contribution in [0.3, 0.4) is 0 Å². The Morgan fingerprint density at radius 2 is 1.94 bits per heavy atom. The third kappa shape index (κ3) is 5.30. The van der Waals surface area contributed by atoms with Crippen molar-refractivity contribution in [2.75, 3.05) is 19.3 Å². The molecule has 1 amide bonds. The molecule has 1 saturated carbocycles. The topological polar surface area (TPSA) is 41.1 Å². The molecule has 0 aromatic carbocycles. The average Bonchev–Trinajstić information content (AvgIpc) is 2.35. The Kier molecular flexibility index (Phi) is 6.34. The maximum absolute atomic E-state index is 11.7. The smallest absolute Gasteiger partial charge is 0.234 e. The first-order chi connectivity index (χ1) is 8.08. The molecule has 1 aliphatic rings. The van der Waals surface area contributed by atoms with Gasteiger partial charge in [-0.1, -0.05) is 33.1 Å². The van der Waals surface area contributed by atoms with Gasteiger partial charge in [0.05, 0.1) is 6.54 Å². The van der Waals surface area contributed by atoms with Gasteiger partial charge in [-0.15, -0.1) is 0 Å². The Labute approximate surface area is 109 Å². The third-order valence-electron chi connectivity index (χ3n) is 3.48. The van der Waals surface area contributed by atoms with Crippen molar-refractivity contribution in [1.29, 1.82) is 0 Å². The van der Waals surface area contributed by atoms with Crippen LogP contribution in [0.5, 0.6) is 0 Å². The number of hydrogen-bond acceptors (Lipinski definition) is 3. The molecule has 0 unspecified atom stereocenters. The number of carbonyl (C=O) groups excluding carboxylic acids is 1. The van der Waals surface area contributed by atoms with E-state index >= 15 is 0 Å². The lowest BCUT2D eigenvalue weighted by atomic mass is 9.88. The van der Waals surface area contributed by atoms with Gasteiger partial charge in [-0.2, -0.15) is 11.8 Å². The summed E-state index contributed by atoms with van der Waals surface area (Å²) in [7, 11) is 0. The molecule has 0 aromatic heterocycles. The molecule has 0 atom stereocenters. The van der Waals surface area contributed by atoms with Crippen LogP contribution in [0.15, 0.2) is 0 Å². The molecule has 0 saturated heterocycles. The Balaban J connectivity index is 2.29. The molecule has 2 N–H and O–H groups in total. The van der Waals surface area contributed by atoms with Crippen molar-refractivity contribution in [3.05, 3.63) is 0 Å². The molecular weight excluding hydrogens is 232 g/mol. The quantitative estimate of drug-likeness (QED) is 0.767. The molecular formula is C13H26N2OS. The molecule has 17 heavy (non-hydrogen) atoms. The standard InChI is InChI=1S/C13H26N2OS/c1-11(2)14-9-12(16)15-10-13(17-3)7-5-4-6-8-13/h11,14H,4-10H2,1-3H3,(H,15,16).